The molecule has 1 N–H and O–H groups in total. The van der Waals surface area contributed by atoms with Crippen LogP contribution in [0, 0.1) is 0 Å². The average molecular weight is 565 g/mol. The van der Waals surface area contributed by atoms with E-state index in [1.54, 1.807) is 0 Å². The summed E-state index contributed by atoms with van der Waals surface area (Å²) in [5.41, 5.74) is 0. The monoisotopic (exact) mass is 565 g/mol. The molecule has 40 heavy (non-hydrogen) atoms. The van der Waals surface area contributed by atoms with Crippen LogP contribution in [0.3, 0.4) is 0 Å². The largest absolute Gasteiger partial charge is 0.457 e. The Balaban J connectivity index is 3.26. The van der Waals surface area contributed by atoms with Crippen molar-refractivity contribution in [3.05, 3.63) is 24.3 Å². The van der Waals surface area contributed by atoms with Crippen molar-refractivity contribution >= 4 is 5.97 Å². The molecule has 0 spiro atoms. The number of aliphatic hydroxyl groups is 1. The van der Waals surface area contributed by atoms with Crippen molar-refractivity contribution in [2.75, 3.05) is 19.8 Å². The number of esters is 1. The quantitative estimate of drug-likeness (QED) is 0.0501. The maximum absolute atomic E-state index is 11.6. The fraction of sp³-hybridized carbons (Fsp3) is 0.861. The third-order valence-electron chi connectivity index (χ3n) is 7.53. The Morgan fingerprint density at radius 2 is 1.05 bits per heavy atom. The van der Waals surface area contributed by atoms with Crippen molar-refractivity contribution in [1.82, 2.24) is 0 Å². The van der Waals surface area contributed by atoms with Crippen LogP contribution in [0.15, 0.2) is 24.3 Å². The molecule has 1 atom stereocenters. The normalized spacial score (nSPS) is 12.6. The molecule has 0 aliphatic carbocycles. The highest BCUT2D eigenvalue weighted by Crippen LogP contribution is 2.14. The Labute approximate surface area is 249 Å². The Morgan fingerprint density at radius 3 is 1.52 bits per heavy atom. The van der Waals surface area contributed by atoms with Gasteiger partial charge in [0.1, 0.15) is 6.10 Å². The van der Waals surface area contributed by atoms with Crippen molar-refractivity contribution in [3.8, 4) is 0 Å². The highest BCUT2D eigenvalue weighted by atomic mass is 16.6. The van der Waals surface area contributed by atoms with Crippen LogP contribution < -0.4 is 0 Å². The zero-order valence-corrected chi connectivity index (χ0v) is 26.9. The van der Waals surface area contributed by atoms with Gasteiger partial charge in [-0.25, -0.2) is 0 Å². The molecule has 0 aromatic rings. The molecule has 4 heteroatoms. The summed E-state index contributed by atoms with van der Waals surface area (Å²) in [5, 5.41) is 9.34. The third kappa shape index (κ3) is 31.4. The molecule has 0 saturated heterocycles. The molecular weight excluding hydrogens is 496 g/mol. The SMILES string of the molecule is CCCCCCC/C=C\C/C=C\CCCCCCCCCCCCCCCCOCC(CO)OC(=O)CCCC. The Bertz CT molecular complexity index is 557. The molecule has 0 bridgehead atoms. The molecule has 0 saturated carbocycles. The van der Waals surface area contributed by atoms with Crippen molar-refractivity contribution in [2.24, 2.45) is 0 Å². The van der Waals surface area contributed by atoms with Gasteiger partial charge in [0.2, 0.25) is 0 Å². The summed E-state index contributed by atoms with van der Waals surface area (Å²) in [4.78, 5) is 11.6. The number of carbonyl (C=O) groups is 1. The number of ether oxygens (including phenoxy) is 2. The standard InChI is InChI=1S/C36H68O4/c1-3-5-7-8-9-10-11-12-13-14-15-16-17-18-19-20-21-22-23-24-25-26-27-28-29-30-32-39-34-35(33-37)40-36(38)31-6-4-2/h11-12,14-15,35,37H,3-10,13,16-34H2,1-2H3/b12-11-,15-14-. The summed E-state index contributed by atoms with van der Waals surface area (Å²) >= 11 is 0. The first-order valence-electron chi connectivity index (χ1n) is 17.4. The number of aliphatic hydroxyl groups excluding tert-OH is 1. The number of unbranched alkanes of at least 4 members (excludes halogenated alkanes) is 20. The van der Waals surface area contributed by atoms with E-state index in [1.165, 1.54) is 128 Å². The Hall–Kier alpha value is -1.13. The molecule has 0 radical (unpaired) electrons. The number of carbonyl (C=O) groups excluding carboxylic acids is 1. The van der Waals surface area contributed by atoms with Gasteiger partial charge in [-0.1, -0.05) is 147 Å². The molecule has 4 nitrogen and oxygen atoms in total. The van der Waals surface area contributed by atoms with E-state index in [9.17, 15) is 9.90 Å². The molecule has 0 aromatic carbocycles. The maximum Gasteiger partial charge on any atom is 0.306 e. The van der Waals surface area contributed by atoms with E-state index in [0.717, 1.165) is 25.7 Å². The molecule has 0 fully saturated rings. The minimum absolute atomic E-state index is 0.173. The second-order valence-electron chi connectivity index (χ2n) is 11.6. The summed E-state index contributed by atoms with van der Waals surface area (Å²) in [6.45, 7) is 5.12. The fourth-order valence-electron chi connectivity index (χ4n) is 4.86. The van der Waals surface area contributed by atoms with Crippen molar-refractivity contribution in [2.45, 2.75) is 180 Å². The van der Waals surface area contributed by atoms with Crippen LogP contribution in [0.2, 0.25) is 0 Å². The predicted molar refractivity (Wildman–Crippen MR) is 173 cm³/mol. The zero-order valence-electron chi connectivity index (χ0n) is 26.9. The van der Waals surface area contributed by atoms with E-state index in [-0.39, 0.29) is 12.6 Å². The summed E-state index contributed by atoms with van der Waals surface area (Å²) in [5.74, 6) is -0.235. The highest BCUT2D eigenvalue weighted by Gasteiger charge is 2.13. The van der Waals surface area contributed by atoms with Gasteiger partial charge >= 0.3 is 5.97 Å². The van der Waals surface area contributed by atoms with Gasteiger partial charge in [0.25, 0.3) is 0 Å². The van der Waals surface area contributed by atoms with Crippen molar-refractivity contribution in [1.29, 1.82) is 0 Å². The number of hydrogen-bond donors (Lipinski definition) is 1. The average Bonchev–Trinajstić information content (AvgIpc) is 2.96. The molecule has 0 aliphatic heterocycles. The van der Waals surface area contributed by atoms with E-state index < -0.39 is 6.10 Å². The van der Waals surface area contributed by atoms with Crippen LogP contribution in [0.1, 0.15) is 174 Å². The molecule has 0 heterocycles. The second-order valence-corrected chi connectivity index (χ2v) is 11.6. The lowest BCUT2D eigenvalue weighted by Crippen LogP contribution is -2.27. The van der Waals surface area contributed by atoms with Crippen LogP contribution >= 0.6 is 0 Å². The minimum Gasteiger partial charge on any atom is -0.457 e. The molecular formula is C36H68O4. The molecule has 0 rings (SSSR count). The number of hydrogen-bond acceptors (Lipinski definition) is 4. The smallest absolute Gasteiger partial charge is 0.306 e. The van der Waals surface area contributed by atoms with E-state index in [2.05, 4.69) is 31.2 Å². The molecule has 236 valence electrons. The van der Waals surface area contributed by atoms with E-state index in [0.29, 0.717) is 19.6 Å². The van der Waals surface area contributed by atoms with E-state index in [4.69, 9.17) is 9.47 Å². The van der Waals surface area contributed by atoms with Crippen LogP contribution in [-0.2, 0) is 14.3 Å². The van der Waals surface area contributed by atoms with Crippen LogP contribution in [0.4, 0.5) is 0 Å². The summed E-state index contributed by atoms with van der Waals surface area (Å²) in [7, 11) is 0. The summed E-state index contributed by atoms with van der Waals surface area (Å²) < 4.78 is 10.8. The first kappa shape index (κ1) is 38.9. The van der Waals surface area contributed by atoms with Gasteiger partial charge in [0, 0.05) is 13.0 Å². The predicted octanol–water partition coefficient (Wildman–Crippen LogP) is 10.8. The lowest BCUT2D eigenvalue weighted by molar-refractivity contribution is -0.154. The second kappa shape index (κ2) is 34.1. The lowest BCUT2D eigenvalue weighted by atomic mass is 10.0. The molecule has 0 amide bonds. The summed E-state index contributed by atoms with van der Waals surface area (Å²) in [6.07, 6.45) is 40.3. The molecule has 0 aliphatic rings. The molecule has 1 unspecified atom stereocenters. The minimum atomic E-state index is -0.524. The third-order valence-corrected chi connectivity index (χ3v) is 7.53. The van der Waals surface area contributed by atoms with Crippen molar-refractivity contribution in [3.63, 3.8) is 0 Å². The maximum atomic E-state index is 11.6. The van der Waals surface area contributed by atoms with Crippen LogP contribution in [-0.4, -0.2) is 37.0 Å². The Morgan fingerprint density at radius 1 is 0.600 bits per heavy atom. The molecule has 0 aromatic heterocycles. The highest BCUT2D eigenvalue weighted by molar-refractivity contribution is 5.69. The first-order valence-corrected chi connectivity index (χ1v) is 17.4. The van der Waals surface area contributed by atoms with E-state index in [1.807, 2.05) is 6.92 Å². The fourth-order valence-corrected chi connectivity index (χ4v) is 4.86. The van der Waals surface area contributed by atoms with E-state index >= 15 is 0 Å². The van der Waals surface area contributed by atoms with Gasteiger partial charge in [0.15, 0.2) is 0 Å². The van der Waals surface area contributed by atoms with Crippen LogP contribution in [0.5, 0.6) is 0 Å². The van der Waals surface area contributed by atoms with Gasteiger partial charge in [0.05, 0.1) is 13.2 Å². The van der Waals surface area contributed by atoms with Crippen LogP contribution in [0.25, 0.3) is 0 Å². The first-order chi connectivity index (χ1) is 19.7. The zero-order chi connectivity index (χ0) is 29.2. The van der Waals surface area contributed by atoms with Gasteiger partial charge in [-0.15, -0.1) is 0 Å². The summed E-state index contributed by atoms with van der Waals surface area (Å²) in [6, 6.07) is 0. The number of rotatable bonds is 32. The van der Waals surface area contributed by atoms with Gasteiger partial charge in [-0.3, -0.25) is 4.79 Å². The lowest BCUT2D eigenvalue weighted by Gasteiger charge is -2.15. The van der Waals surface area contributed by atoms with Gasteiger partial charge in [-0.05, 0) is 44.9 Å². The Kier molecular flexibility index (Phi) is 33.1. The number of allylic oxidation sites excluding steroid dienone is 4. The van der Waals surface area contributed by atoms with Gasteiger partial charge < -0.3 is 14.6 Å². The topological polar surface area (TPSA) is 55.8 Å². The van der Waals surface area contributed by atoms with Crippen molar-refractivity contribution < 1.29 is 19.4 Å². The van der Waals surface area contributed by atoms with Gasteiger partial charge in [-0.2, -0.15) is 0 Å².